The molecule has 2 heteroatoms. The van der Waals surface area contributed by atoms with Gasteiger partial charge in [0.25, 0.3) is 0 Å². The average molecular weight is 188 g/mol. The van der Waals surface area contributed by atoms with Crippen molar-refractivity contribution in [3.63, 3.8) is 0 Å². The van der Waals surface area contributed by atoms with Crippen molar-refractivity contribution in [2.75, 3.05) is 13.2 Å². The quantitative estimate of drug-likeness (QED) is 0.612. The van der Waals surface area contributed by atoms with Crippen LogP contribution in [0.15, 0.2) is 0 Å². The lowest BCUT2D eigenvalue weighted by Crippen LogP contribution is -1.90. The summed E-state index contributed by atoms with van der Waals surface area (Å²) in [4.78, 5) is 0. The van der Waals surface area contributed by atoms with Gasteiger partial charge < -0.3 is 10.2 Å². The van der Waals surface area contributed by atoms with Gasteiger partial charge in [-0.05, 0) is 32.1 Å². The number of hydrogen-bond donors (Lipinski definition) is 2. The Balaban J connectivity index is 0.000000208. The highest BCUT2D eigenvalue weighted by Crippen LogP contribution is 2.43. The fourth-order valence-corrected chi connectivity index (χ4v) is 2.17. The van der Waals surface area contributed by atoms with Crippen LogP contribution in [0, 0.1) is 11.8 Å². The molecular weight excluding hydrogens is 164 g/mol. The Hall–Kier alpha value is -0.0800. The lowest BCUT2D eigenvalue weighted by Gasteiger charge is -2.05. The van der Waals surface area contributed by atoms with E-state index in [1.807, 2.05) is 0 Å². The Kier molecular flexibility index (Phi) is 8.46. The molecule has 0 aromatic heterocycles. The summed E-state index contributed by atoms with van der Waals surface area (Å²) >= 11 is 0. The first kappa shape index (κ1) is 12.9. The van der Waals surface area contributed by atoms with E-state index in [1.54, 1.807) is 46.0 Å². The smallest absolute Gasteiger partial charge is 0.0402 e. The van der Waals surface area contributed by atoms with Crippen molar-refractivity contribution >= 4 is 0 Å². The predicted molar refractivity (Wildman–Crippen MR) is 55.6 cm³/mol. The minimum Gasteiger partial charge on any atom is -0.397 e. The number of hydrogen-bond acceptors (Lipinski definition) is 2. The van der Waals surface area contributed by atoms with E-state index < -0.39 is 0 Å². The maximum atomic E-state index is 7.57. The first-order valence-electron chi connectivity index (χ1n) is 5.50. The van der Waals surface area contributed by atoms with Crippen molar-refractivity contribution in [2.45, 2.75) is 46.0 Å². The highest BCUT2D eigenvalue weighted by Gasteiger charge is 2.30. The summed E-state index contributed by atoms with van der Waals surface area (Å²) in [5.41, 5.74) is 0. The summed E-state index contributed by atoms with van der Waals surface area (Å²) in [6.45, 7) is 3.86. The Labute approximate surface area is 82.0 Å². The van der Waals surface area contributed by atoms with E-state index in [0.717, 1.165) is 0 Å². The monoisotopic (exact) mass is 188 g/mol. The molecule has 0 atom stereocenters. The largest absolute Gasteiger partial charge is 0.397 e. The van der Waals surface area contributed by atoms with Crippen molar-refractivity contribution in [3.05, 3.63) is 0 Å². The fourth-order valence-electron chi connectivity index (χ4n) is 2.17. The molecule has 0 spiro atoms. The van der Waals surface area contributed by atoms with Gasteiger partial charge >= 0.3 is 0 Å². The second kappa shape index (κ2) is 8.52. The van der Waals surface area contributed by atoms with Gasteiger partial charge in [-0.3, -0.25) is 0 Å². The van der Waals surface area contributed by atoms with Crippen LogP contribution in [0.2, 0.25) is 0 Å². The van der Waals surface area contributed by atoms with Gasteiger partial charge in [0, 0.05) is 13.2 Å². The zero-order chi connectivity index (χ0) is 10.1. The molecule has 0 heterocycles. The summed E-state index contributed by atoms with van der Waals surface area (Å²) in [5, 5.41) is 15.1. The van der Waals surface area contributed by atoms with Crippen LogP contribution in [-0.4, -0.2) is 23.4 Å². The Morgan fingerprint density at radius 3 is 1.15 bits per heavy atom. The van der Waals surface area contributed by atoms with Crippen molar-refractivity contribution < 1.29 is 10.2 Å². The Bertz CT molecular complexity index is 84.3. The van der Waals surface area contributed by atoms with Gasteiger partial charge in [0.2, 0.25) is 0 Å². The molecule has 2 nitrogen and oxygen atoms in total. The summed E-state index contributed by atoms with van der Waals surface area (Å²) in [5.74, 6) is 2.34. The number of aliphatic hydroxyl groups excluding tert-OH is 2. The third kappa shape index (κ3) is 6.05. The molecule has 0 aromatic carbocycles. The third-order valence-corrected chi connectivity index (χ3v) is 2.63. The lowest BCUT2D eigenvalue weighted by molar-refractivity contribution is 0.318. The van der Waals surface area contributed by atoms with E-state index in [9.17, 15) is 0 Å². The van der Waals surface area contributed by atoms with E-state index in [0.29, 0.717) is 0 Å². The maximum Gasteiger partial charge on any atom is 0.0402 e. The molecule has 80 valence electrons. The van der Waals surface area contributed by atoms with E-state index in [-0.39, 0.29) is 13.2 Å². The van der Waals surface area contributed by atoms with Crippen molar-refractivity contribution in [1.82, 2.24) is 0 Å². The van der Waals surface area contributed by atoms with Crippen LogP contribution in [0.5, 0.6) is 0 Å². The average Bonchev–Trinajstić information content (AvgIpc) is 2.69. The summed E-state index contributed by atoms with van der Waals surface area (Å²) in [7, 11) is 0. The van der Waals surface area contributed by atoms with Crippen molar-refractivity contribution in [2.24, 2.45) is 11.8 Å². The topological polar surface area (TPSA) is 40.5 Å². The van der Waals surface area contributed by atoms with Crippen LogP contribution in [0.1, 0.15) is 46.0 Å². The molecule has 2 bridgehead atoms. The first-order chi connectivity index (χ1) is 6.28. The molecule has 0 unspecified atom stereocenters. The zero-order valence-corrected chi connectivity index (χ0v) is 9.00. The van der Waals surface area contributed by atoms with Crippen LogP contribution in [0.4, 0.5) is 0 Å². The predicted octanol–water partition coefficient (Wildman–Crippen LogP) is 2.19. The van der Waals surface area contributed by atoms with E-state index >= 15 is 0 Å². The molecule has 0 amide bonds. The highest BCUT2D eigenvalue weighted by molar-refractivity contribution is 4.82. The summed E-state index contributed by atoms with van der Waals surface area (Å²) in [6.07, 6.45) is 7.82. The fraction of sp³-hybridized carbons (Fsp3) is 1.00. The van der Waals surface area contributed by atoms with Crippen LogP contribution in [0.25, 0.3) is 0 Å². The minimum absolute atomic E-state index is 0.250. The van der Waals surface area contributed by atoms with Gasteiger partial charge in [0.15, 0.2) is 0 Å². The standard InChI is InChI=1S/C7H12.2C2H6O/c1-2-7-4-3-6(1)5-7;2*1-2-3/h6-7H,1-5H2;2*3H,2H2,1H3. The number of aliphatic hydroxyl groups is 2. The molecule has 2 saturated carbocycles. The van der Waals surface area contributed by atoms with Crippen LogP contribution < -0.4 is 0 Å². The first-order valence-corrected chi connectivity index (χ1v) is 5.50. The third-order valence-electron chi connectivity index (χ3n) is 2.63. The molecule has 0 aliphatic heterocycles. The van der Waals surface area contributed by atoms with E-state index in [4.69, 9.17) is 10.2 Å². The number of fused-ring (bicyclic) bond motifs is 2. The molecule has 2 aliphatic carbocycles. The molecule has 2 rings (SSSR count). The molecule has 0 saturated heterocycles. The van der Waals surface area contributed by atoms with Gasteiger partial charge in [-0.1, -0.05) is 25.7 Å². The molecule has 0 radical (unpaired) electrons. The zero-order valence-electron chi connectivity index (χ0n) is 9.00. The van der Waals surface area contributed by atoms with Gasteiger partial charge in [-0.25, -0.2) is 0 Å². The normalized spacial score (nSPS) is 28.6. The summed E-state index contributed by atoms with van der Waals surface area (Å²) in [6, 6.07) is 0. The van der Waals surface area contributed by atoms with Crippen molar-refractivity contribution in [3.8, 4) is 0 Å². The molecule has 2 fully saturated rings. The SMILES string of the molecule is C1CC2CCC1C2.CCO.CCO. The van der Waals surface area contributed by atoms with Gasteiger partial charge in [0.1, 0.15) is 0 Å². The molecule has 2 aliphatic rings. The highest BCUT2D eigenvalue weighted by atomic mass is 16.3. The second-order valence-electron chi connectivity index (χ2n) is 3.75. The summed E-state index contributed by atoms with van der Waals surface area (Å²) < 4.78 is 0. The van der Waals surface area contributed by atoms with Crippen molar-refractivity contribution in [1.29, 1.82) is 0 Å². The minimum atomic E-state index is 0.250. The molecule has 0 aromatic rings. The number of rotatable bonds is 0. The Morgan fingerprint density at radius 2 is 1.08 bits per heavy atom. The van der Waals surface area contributed by atoms with Gasteiger partial charge in [-0.2, -0.15) is 0 Å². The van der Waals surface area contributed by atoms with Gasteiger partial charge in [-0.15, -0.1) is 0 Å². The maximum absolute atomic E-state index is 7.57. The molecule has 13 heavy (non-hydrogen) atoms. The molecule has 2 N–H and O–H groups in total. The van der Waals surface area contributed by atoms with Crippen LogP contribution >= 0.6 is 0 Å². The molecular formula is C11H24O2. The van der Waals surface area contributed by atoms with Gasteiger partial charge in [0.05, 0.1) is 0 Å². The Morgan fingerprint density at radius 1 is 0.846 bits per heavy atom. The van der Waals surface area contributed by atoms with E-state index in [1.165, 1.54) is 11.8 Å². The van der Waals surface area contributed by atoms with Crippen LogP contribution in [0.3, 0.4) is 0 Å². The van der Waals surface area contributed by atoms with Crippen LogP contribution in [-0.2, 0) is 0 Å². The second-order valence-corrected chi connectivity index (χ2v) is 3.75. The van der Waals surface area contributed by atoms with E-state index in [2.05, 4.69) is 0 Å². The lowest BCUT2D eigenvalue weighted by atomic mass is 10.0.